The lowest BCUT2D eigenvalue weighted by molar-refractivity contribution is 0.733. The van der Waals surface area contributed by atoms with Crippen molar-refractivity contribution in [3.05, 3.63) is 96.1 Å². The minimum absolute atomic E-state index is 0.709. The molecule has 2 aromatic carbocycles. The zero-order valence-electron chi connectivity index (χ0n) is 20.8. The summed E-state index contributed by atoms with van der Waals surface area (Å²) in [5.74, 6) is 0.709. The highest BCUT2D eigenvalue weighted by atomic mass is 32.2. The number of hydrogen-bond donors (Lipinski definition) is 0. The molecule has 1 atom stereocenters. The summed E-state index contributed by atoms with van der Waals surface area (Å²) in [4.78, 5) is 4.73. The Kier molecular flexibility index (Phi) is 16.3. The largest absolute Gasteiger partial charge is 0.340 e. The van der Waals surface area contributed by atoms with Crippen LogP contribution >= 0.6 is 11.8 Å². The van der Waals surface area contributed by atoms with Crippen LogP contribution in [0.1, 0.15) is 72.8 Å². The van der Waals surface area contributed by atoms with Crippen LogP contribution in [0.25, 0.3) is 0 Å². The van der Waals surface area contributed by atoms with Crippen molar-refractivity contribution in [2.45, 2.75) is 72.1 Å². The molecule has 0 spiro atoms. The van der Waals surface area contributed by atoms with E-state index in [9.17, 15) is 0 Å². The van der Waals surface area contributed by atoms with Crippen molar-refractivity contribution < 1.29 is 0 Å². The van der Waals surface area contributed by atoms with Gasteiger partial charge in [0.2, 0.25) is 0 Å². The summed E-state index contributed by atoms with van der Waals surface area (Å²) in [6.07, 6.45) is 6.29. The first-order chi connectivity index (χ1) is 15.1. The van der Waals surface area contributed by atoms with Crippen molar-refractivity contribution in [1.82, 2.24) is 0 Å². The van der Waals surface area contributed by atoms with Gasteiger partial charge in [-0.15, -0.1) is 0 Å². The van der Waals surface area contributed by atoms with Gasteiger partial charge in [0.1, 0.15) is 0 Å². The quantitative estimate of drug-likeness (QED) is 0.458. The van der Waals surface area contributed by atoms with Crippen LogP contribution < -0.4 is 4.90 Å². The van der Waals surface area contributed by atoms with E-state index in [4.69, 9.17) is 0 Å². The van der Waals surface area contributed by atoms with Gasteiger partial charge in [-0.05, 0) is 43.0 Å². The molecule has 1 aliphatic heterocycles. The fourth-order valence-corrected chi connectivity index (χ4v) is 3.96. The van der Waals surface area contributed by atoms with E-state index in [0.29, 0.717) is 5.92 Å². The number of allylic oxidation sites excluding steroid dienone is 2. The van der Waals surface area contributed by atoms with Crippen molar-refractivity contribution in [3.63, 3.8) is 0 Å². The first-order valence-corrected chi connectivity index (χ1v) is 12.5. The normalized spacial score (nSPS) is 12.5. The molecule has 0 aromatic heterocycles. The third-order valence-corrected chi connectivity index (χ3v) is 5.76. The van der Waals surface area contributed by atoms with Crippen molar-refractivity contribution >= 4 is 17.4 Å². The van der Waals surface area contributed by atoms with E-state index in [1.165, 1.54) is 33.9 Å². The summed E-state index contributed by atoms with van der Waals surface area (Å²) < 4.78 is 0. The van der Waals surface area contributed by atoms with Crippen LogP contribution in [0.2, 0.25) is 0 Å². The lowest BCUT2D eigenvalue weighted by atomic mass is 9.99. The molecule has 3 rings (SSSR count). The van der Waals surface area contributed by atoms with Crippen molar-refractivity contribution in [1.29, 1.82) is 0 Å². The molecule has 2 aromatic rings. The highest BCUT2D eigenvalue weighted by Gasteiger charge is 2.20. The Hall–Kier alpha value is -2.19. The van der Waals surface area contributed by atoms with Crippen LogP contribution in [0, 0.1) is 0 Å². The summed E-state index contributed by atoms with van der Waals surface area (Å²) in [5, 5.41) is 0. The molecule has 0 bridgehead atoms. The Morgan fingerprint density at radius 2 is 1.42 bits per heavy atom. The van der Waals surface area contributed by atoms with Gasteiger partial charge in [0.15, 0.2) is 0 Å². The maximum absolute atomic E-state index is 3.89. The van der Waals surface area contributed by atoms with Crippen molar-refractivity contribution in [2.24, 2.45) is 0 Å². The summed E-state index contributed by atoms with van der Waals surface area (Å²) >= 11 is 1.76. The molecule has 2 heteroatoms. The van der Waals surface area contributed by atoms with Crippen LogP contribution in [0.5, 0.6) is 0 Å². The van der Waals surface area contributed by atoms with E-state index in [2.05, 4.69) is 107 Å². The van der Waals surface area contributed by atoms with Gasteiger partial charge >= 0.3 is 0 Å². The number of fused-ring (bicyclic) bond motifs is 1. The fourth-order valence-electron chi connectivity index (χ4n) is 2.91. The van der Waals surface area contributed by atoms with Crippen LogP contribution in [0.4, 0.5) is 5.69 Å². The third-order valence-electron chi connectivity index (χ3n) is 4.60. The molecule has 0 saturated heterocycles. The molecule has 1 heterocycles. The van der Waals surface area contributed by atoms with Crippen LogP contribution in [-0.4, -0.2) is 6.54 Å². The molecule has 31 heavy (non-hydrogen) atoms. The number of nitrogens with zero attached hydrogens (tertiary/aromatic N) is 1. The molecule has 0 saturated carbocycles. The minimum atomic E-state index is 0.709. The Bertz CT molecular complexity index is 776. The number of benzene rings is 2. The Balaban J connectivity index is 0.000000515. The molecule has 0 fully saturated rings. The second-order valence-electron chi connectivity index (χ2n) is 6.90. The van der Waals surface area contributed by atoms with E-state index >= 15 is 0 Å². The lowest BCUT2D eigenvalue weighted by Crippen LogP contribution is -2.24. The molecule has 0 aliphatic carbocycles. The molecular weight excluding hydrogens is 394 g/mol. The molecule has 0 radical (unpaired) electrons. The maximum atomic E-state index is 3.89. The van der Waals surface area contributed by atoms with Crippen molar-refractivity contribution in [2.75, 3.05) is 11.4 Å². The number of thioether (sulfide) groups is 1. The highest BCUT2D eigenvalue weighted by Crippen LogP contribution is 2.43. The van der Waals surface area contributed by atoms with Gasteiger partial charge in [0, 0.05) is 16.3 Å². The number of hydrogen-bond acceptors (Lipinski definition) is 2. The van der Waals surface area contributed by atoms with E-state index in [1.54, 1.807) is 11.8 Å². The van der Waals surface area contributed by atoms with E-state index in [1.807, 2.05) is 26.0 Å². The summed E-state index contributed by atoms with van der Waals surface area (Å²) in [7, 11) is 0. The summed E-state index contributed by atoms with van der Waals surface area (Å²) in [5.41, 5.74) is 3.86. The number of rotatable bonds is 5. The first-order valence-electron chi connectivity index (χ1n) is 11.7. The predicted molar refractivity (Wildman–Crippen MR) is 145 cm³/mol. The van der Waals surface area contributed by atoms with Gasteiger partial charge < -0.3 is 4.90 Å². The summed E-state index contributed by atoms with van der Waals surface area (Å²) in [6.45, 7) is 23.6. The molecule has 0 amide bonds. The number of para-hydroxylation sites is 1. The second kappa shape index (κ2) is 17.5. The van der Waals surface area contributed by atoms with Gasteiger partial charge in [0.05, 0.1) is 11.4 Å². The predicted octanol–water partition coefficient (Wildman–Crippen LogP) is 9.84. The number of likely N-dealkylation sites (N-methyl/N-ethyl adjacent to an activating group) is 1. The van der Waals surface area contributed by atoms with Gasteiger partial charge in [-0.2, -0.15) is 0 Å². The molecule has 0 N–H and O–H groups in total. The van der Waals surface area contributed by atoms with E-state index < -0.39 is 0 Å². The number of anilines is 1. The minimum Gasteiger partial charge on any atom is -0.340 e. The molecular formula is C29H43NS. The first kappa shape index (κ1) is 28.8. The summed E-state index contributed by atoms with van der Waals surface area (Å²) in [6, 6.07) is 19.1. The van der Waals surface area contributed by atoms with E-state index in [0.717, 1.165) is 12.2 Å². The van der Waals surface area contributed by atoms with Crippen LogP contribution in [0.15, 0.2) is 95.4 Å². The Labute approximate surface area is 197 Å². The third kappa shape index (κ3) is 9.23. The fraction of sp³-hybridized carbons (Fsp3) is 0.379. The average molecular weight is 438 g/mol. The van der Waals surface area contributed by atoms with Crippen molar-refractivity contribution in [3.8, 4) is 0 Å². The molecule has 1 nitrogen and oxygen atoms in total. The van der Waals surface area contributed by atoms with Crippen LogP contribution in [0.3, 0.4) is 0 Å². The monoisotopic (exact) mass is 437 g/mol. The van der Waals surface area contributed by atoms with Gasteiger partial charge in [-0.25, -0.2) is 0 Å². The molecule has 1 aliphatic rings. The second-order valence-corrected chi connectivity index (χ2v) is 7.98. The van der Waals surface area contributed by atoms with Crippen LogP contribution in [-0.2, 0) is 0 Å². The Morgan fingerprint density at radius 3 is 1.90 bits per heavy atom. The average Bonchev–Trinajstić information content (AvgIpc) is 2.84. The highest BCUT2D eigenvalue weighted by molar-refractivity contribution is 8.03. The maximum Gasteiger partial charge on any atom is 0.0552 e. The lowest BCUT2D eigenvalue weighted by Gasteiger charge is -2.32. The van der Waals surface area contributed by atoms with Gasteiger partial charge in [-0.3, -0.25) is 0 Å². The molecule has 170 valence electrons. The van der Waals surface area contributed by atoms with Gasteiger partial charge in [0.25, 0.3) is 0 Å². The van der Waals surface area contributed by atoms with Gasteiger partial charge in [-0.1, -0.05) is 121 Å². The Morgan fingerprint density at radius 1 is 0.871 bits per heavy atom. The smallest absolute Gasteiger partial charge is 0.0552 e. The SMILES string of the molecule is C=CC1=C(C=C)N(CC)c2ccccc2S1.CC.CCC.CCC(C)c1ccccc1. The van der Waals surface area contributed by atoms with E-state index in [-0.39, 0.29) is 0 Å². The topological polar surface area (TPSA) is 3.24 Å². The zero-order valence-corrected chi connectivity index (χ0v) is 21.6. The standard InChI is InChI=1S/C14H15NS.C10H14.C3H8.C2H6/c1-4-11-13(5-2)16-14-10-8-7-9-12(14)15(11)6-3;1-3-9(2)10-7-5-4-6-8-10;1-3-2;1-2/h4-5,7-10H,1-2,6H2,3H3;4-9H,3H2,1-2H3;3H2,1-2H3;1-2H3. The molecule has 1 unspecified atom stereocenters. The zero-order chi connectivity index (χ0) is 23.6.